The van der Waals surface area contributed by atoms with E-state index in [4.69, 9.17) is 4.99 Å². The smallest absolute Gasteiger partial charge is 0.0681 e. The van der Waals surface area contributed by atoms with E-state index in [0.717, 1.165) is 17.7 Å². The minimum Gasteiger partial charge on any atom is -0.264 e. The standard InChI is InChI=1S/C14H18N2/c1-3-11(4-2)13-7-8-14(16-13)12-6-5-9-15-10-12/h5-6,8-11H,3-4,7H2,1-2H3. The highest BCUT2D eigenvalue weighted by atomic mass is 14.8. The average molecular weight is 214 g/mol. The van der Waals surface area contributed by atoms with E-state index in [1.165, 1.54) is 18.6 Å². The number of aliphatic imine (C=N–C) groups is 1. The predicted octanol–water partition coefficient (Wildman–Crippen LogP) is 3.70. The third-order valence-corrected chi connectivity index (χ3v) is 3.18. The van der Waals surface area contributed by atoms with E-state index in [0.29, 0.717) is 5.92 Å². The molecule has 0 saturated carbocycles. The van der Waals surface area contributed by atoms with Crippen LogP contribution in [0, 0.1) is 5.92 Å². The Kier molecular flexibility index (Phi) is 3.50. The molecule has 0 amide bonds. The summed E-state index contributed by atoms with van der Waals surface area (Å²) >= 11 is 0. The van der Waals surface area contributed by atoms with E-state index < -0.39 is 0 Å². The molecule has 0 N–H and O–H groups in total. The van der Waals surface area contributed by atoms with Gasteiger partial charge in [-0.25, -0.2) is 0 Å². The molecule has 16 heavy (non-hydrogen) atoms. The molecule has 0 aromatic carbocycles. The molecule has 2 nitrogen and oxygen atoms in total. The van der Waals surface area contributed by atoms with Crippen molar-refractivity contribution in [1.29, 1.82) is 0 Å². The van der Waals surface area contributed by atoms with Gasteiger partial charge in [0.2, 0.25) is 0 Å². The zero-order valence-electron chi connectivity index (χ0n) is 9.98. The molecule has 1 aromatic heterocycles. The first kappa shape index (κ1) is 11.1. The number of hydrogen-bond acceptors (Lipinski definition) is 2. The number of pyridine rings is 1. The molecule has 2 rings (SSSR count). The molecule has 0 unspecified atom stereocenters. The molecule has 1 aliphatic rings. The lowest BCUT2D eigenvalue weighted by Crippen LogP contribution is -2.09. The van der Waals surface area contributed by atoms with Crippen LogP contribution in [-0.4, -0.2) is 10.7 Å². The molecular formula is C14H18N2. The van der Waals surface area contributed by atoms with Crippen molar-refractivity contribution in [2.45, 2.75) is 33.1 Å². The zero-order chi connectivity index (χ0) is 11.4. The first-order valence-electron chi connectivity index (χ1n) is 6.03. The fraction of sp³-hybridized carbons (Fsp3) is 0.429. The van der Waals surface area contributed by atoms with Crippen LogP contribution in [0.3, 0.4) is 0 Å². The summed E-state index contributed by atoms with van der Waals surface area (Å²) in [7, 11) is 0. The molecule has 0 atom stereocenters. The minimum absolute atomic E-state index is 0.644. The second kappa shape index (κ2) is 5.06. The van der Waals surface area contributed by atoms with Crippen LogP contribution in [-0.2, 0) is 0 Å². The molecule has 0 spiro atoms. The number of aromatic nitrogens is 1. The summed E-state index contributed by atoms with van der Waals surface area (Å²) < 4.78 is 0. The second-order valence-corrected chi connectivity index (χ2v) is 4.15. The summed E-state index contributed by atoms with van der Waals surface area (Å²) in [4.78, 5) is 8.87. The maximum absolute atomic E-state index is 4.74. The monoisotopic (exact) mass is 214 g/mol. The van der Waals surface area contributed by atoms with Gasteiger partial charge < -0.3 is 0 Å². The highest BCUT2D eigenvalue weighted by Crippen LogP contribution is 2.26. The third-order valence-electron chi connectivity index (χ3n) is 3.18. The summed E-state index contributed by atoms with van der Waals surface area (Å²) in [5.41, 5.74) is 3.56. The SMILES string of the molecule is CCC(CC)C1=NC(c2cccnc2)=CC1. The first-order valence-corrected chi connectivity index (χ1v) is 6.03. The summed E-state index contributed by atoms with van der Waals surface area (Å²) in [5.74, 6) is 0.644. The van der Waals surface area contributed by atoms with Crippen molar-refractivity contribution in [1.82, 2.24) is 4.98 Å². The van der Waals surface area contributed by atoms with Crippen LogP contribution in [0.25, 0.3) is 5.70 Å². The maximum atomic E-state index is 4.74. The Balaban J connectivity index is 2.16. The maximum Gasteiger partial charge on any atom is 0.0681 e. The Labute approximate surface area is 97.1 Å². The number of allylic oxidation sites excluding steroid dienone is 1. The van der Waals surface area contributed by atoms with Gasteiger partial charge in [0, 0.05) is 30.1 Å². The van der Waals surface area contributed by atoms with Crippen LogP contribution in [0.2, 0.25) is 0 Å². The molecule has 0 fully saturated rings. The van der Waals surface area contributed by atoms with Crippen LogP contribution in [0.1, 0.15) is 38.7 Å². The van der Waals surface area contributed by atoms with Gasteiger partial charge >= 0.3 is 0 Å². The lowest BCUT2D eigenvalue weighted by Gasteiger charge is -2.11. The van der Waals surface area contributed by atoms with Crippen molar-refractivity contribution in [2.75, 3.05) is 0 Å². The number of hydrogen-bond donors (Lipinski definition) is 0. The van der Waals surface area contributed by atoms with E-state index in [1.54, 1.807) is 6.20 Å². The van der Waals surface area contributed by atoms with Gasteiger partial charge in [0.05, 0.1) is 5.70 Å². The average Bonchev–Trinajstić information content (AvgIpc) is 2.81. The summed E-state index contributed by atoms with van der Waals surface area (Å²) in [6, 6.07) is 4.03. The Bertz CT molecular complexity index is 400. The van der Waals surface area contributed by atoms with E-state index in [9.17, 15) is 0 Å². The van der Waals surface area contributed by atoms with E-state index >= 15 is 0 Å². The molecule has 1 aliphatic heterocycles. The second-order valence-electron chi connectivity index (χ2n) is 4.15. The van der Waals surface area contributed by atoms with Crippen molar-refractivity contribution < 1.29 is 0 Å². The van der Waals surface area contributed by atoms with Crippen LogP contribution in [0.15, 0.2) is 35.6 Å². The van der Waals surface area contributed by atoms with Crippen LogP contribution >= 0.6 is 0 Å². The Morgan fingerprint density at radius 2 is 2.12 bits per heavy atom. The molecule has 0 saturated heterocycles. The molecule has 0 aliphatic carbocycles. The van der Waals surface area contributed by atoms with Gasteiger partial charge in [-0.2, -0.15) is 0 Å². The number of nitrogens with zero attached hydrogens (tertiary/aromatic N) is 2. The number of rotatable bonds is 4. The molecule has 1 aromatic rings. The zero-order valence-corrected chi connectivity index (χ0v) is 9.98. The topological polar surface area (TPSA) is 25.2 Å². The van der Waals surface area contributed by atoms with Gasteiger partial charge in [0.25, 0.3) is 0 Å². The van der Waals surface area contributed by atoms with Gasteiger partial charge in [0.15, 0.2) is 0 Å². The van der Waals surface area contributed by atoms with Crippen molar-refractivity contribution >= 4 is 11.4 Å². The van der Waals surface area contributed by atoms with Gasteiger partial charge in [0.1, 0.15) is 0 Å². The van der Waals surface area contributed by atoms with E-state index in [1.807, 2.05) is 12.3 Å². The fourth-order valence-electron chi connectivity index (χ4n) is 2.16. The molecule has 0 bridgehead atoms. The lowest BCUT2D eigenvalue weighted by molar-refractivity contribution is 0.638. The van der Waals surface area contributed by atoms with Crippen LogP contribution in [0.5, 0.6) is 0 Å². The Hall–Kier alpha value is -1.44. The van der Waals surface area contributed by atoms with Crippen LogP contribution in [0.4, 0.5) is 0 Å². The van der Waals surface area contributed by atoms with Crippen LogP contribution < -0.4 is 0 Å². The highest BCUT2D eigenvalue weighted by Gasteiger charge is 2.16. The molecule has 2 heterocycles. The predicted molar refractivity (Wildman–Crippen MR) is 68.3 cm³/mol. The normalized spacial score (nSPS) is 15.2. The van der Waals surface area contributed by atoms with Gasteiger partial charge in [-0.3, -0.25) is 9.98 Å². The Morgan fingerprint density at radius 1 is 1.31 bits per heavy atom. The van der Waals surface area contributed by atoms with Crippen molar-refractivity contribution in [3.63, 3.8) is 0 Å². The minimum atomic E-state index is 0.644. The molecule has 84 valence electrons. The summed E-state index contributed by atoms with van der Waals surface area (Å²) in [6.45, 7) is 4.47. The van der Waals surface area contributed by atoms with E-state index in [2.05, 4.69) is 31.0 Å². The van der Waals surface area contributed by atoms with Gasteiger partial charge in [-0.15, -0.1) is 0 Å². The fourth-order valence-corrected chi connectivity index (χ4v) is 2.16. The van der Waals surface area contributed by atoms with Crippen molar-refractivity contribution in [3.8, 4) is 0 Å². The summed E-state index contributed by atoms with van der Waals surface area (Å²) in [5, 5.41) is 0. The molecule has 0 radical (unpaired) electrons. The van der Waals surface area contributed by atoms with Gasteiger partial charge in [-0.1, -0.05) is 19.9 Å². The quantitative estimate of drug-likeness (QED) is 0.750. The van der Waals surface area contributed by atoms with Crippen molar-refractivity contribution in [2.24, 2.45) is 10.9 Å². The highest BCUT2D eigenvalue weighted by molar-refractivity contribution is 5.97. The molecular weight excluding hydrogens is 196 g/mol. The lowest BCUT2D eigenvalue weighted by atomic mass is 9.96. The Morgan fingerprint density at radius 3 is 2.75 bits per heavy atom. The summed E-state index contributed by atoms with van der Waals surface area (Å²) in [6.07, 6.45) is 9.27. The van der Waals surface area contributed by atoms with E-state index in [-0.39, 0.29) is 0 Å². The largest absolute Gasteiger partial charge is 0.264 e. The third kappa shape index (κ3) is 2.21. The first-order chi connectivity index (χ1) is 7.85. The van der Waals surface area contributed by atoms with Gasteiger partial charge in [-0.05, 0) is 30.9 Å². The molecule has 2 heteroatoms. The van der Waals surface area contributed by atoms with Crippen molar-refractivity contribution in [3.05, 3.63) is 36.2 Å².